The average Bonchev–Trinajstić information content (AvgIpc) is 3.29. The van der Waals surface area contributed by atoms with Crippen LogP contribution in [0.3, 0.4) is 0 Å². The van der Waals surface area contributed by atoms with Crippen molar-refractivity contribution in [1.29, 1.82) is 0 Å². The first-order chi connectivity index (χ1) is 16.6. The zero-order chi connectivity index (χ0) is 23.9. The first kappa shape index (κ1) is 23.2. The number of thioether (sulfide) groups is 1. The van der Waals surface area contributed by atoms with E-state index in [9.17, 15) is 9.59 Å². The van der Waals surface area contributed by atoms with Crippen LogP contribution < -0.4 is 20.3 Å². The number of ether oxygens (including phenoxy) is 2. The molecule has 9 heteroatoms. The third-order valence-corrected chi connectivity index (χ3v) is 6.03. The number of imidazole rings is 1. The largest absolute Gasteiger partial charge is 0.493 e. The highest BCUT2D eigenvalue weighted by molar-refractivity contribution is 7.98. The zero-order valence-corrected chi connectivity index (χ0v) is 19.6. The maximum absolute atomic E-state index is 12.4. The van der Waals surface area contributed by atoms with Gasteiger partial charge in [-0.05, 0) is 47.5 Å². The summed E-state index contributed by atoms with van der Waals surface area (Å²) in [5, 5.41) is 0.847. The van der Waals surface area contributed by atoms with Gasteiger partial charge in [0.2, 0.25) is 5.91 Å². The lowest BCUT2D eigenvalue weighted by atomic mass is 10.1. The Kier molecular flexibility index (Phi) is 7.34. The lowest BCUT2D eigenvalue weighted by Crippen LogP contribution is -2.42. The third kappa shape index (κ3) is 5.68. The van der Waals surface area contributed by atoms with Gasteiger partial charge in [-0.25, -0.2) is 4.98 Å². The highest BCUT2D eigenvalue weighted by Gasteiger charge is 2.11. The van der Waals surface area contributed by atoms with Crippen LogP contribution in [0.15, 0.2) is 71.9 Å². The summed E-state index contributed by atoms with van der Waals surface area (Å²) < 4.78 is 10.4. The van der Waals surface area contributed by atoms with Crippen molar-refractivity contribution in [2.45, 2.75) is 17.3 Å². The number of nitrogens with one attached hydrogen (secondary N) is 3. The number of rotatable bonds is 8. The molecule has 3 aromatic carbocycles. The summed E-state index contributed by atoms with van der Waals surface area (Å²) in [4.78, 5) is 32.5. The number of nitrogens with zero attached hydrogens (tertiary/aromatic N) is 1. The molecule has 4 rings (SSSR count). The van der Waals surface area contributed by atoms with Gasteiger partial charge in [-0.3, -0.25) is 20.4 Å². The summed E-state index contributed by atoms with van der Waals surface area (Å²) >= 11 is 1.59. The first-order valence-electron chi connectivity index (χ1n) is 10.5. The second-order valence-corrected chi connectivity index (χ2v) is 8.38. The smallest absolute Gasteiger partial charge is 0.269 e. The van der Waals surface area contributed by atoms with Crippen molar-refractivity contribution in [3.8, 4) is 11.5 Å². The monoisotopic (exact) mass is 476 g/mol. The van der Waals surface area contributed by atoms with Gasteiger partial charge in [0.15, 0.2) is 16.7 Å². The van der Waals surface area contributed by atoms with Crippen LogP contribution in [0.1, 0.15) is 21.5 Å². The number of aromatic amines is 1. The second kappa shape index (κ2) is 10.8. The maximum atomic E-state index is 12.4. The van der Waals surface area contributed by atoms with E-state index in [1.165, 1.54) is 7.11 Å². The molecule has 0 saturated carbocycles. The molecular formula is C25H24N4O4S. The molecule has 3 N–H and O–H groups in total. The van der Waals surface area contributed by atoms with Crippen molar-refractivity contribution in [3.05, 3.63) is 83.4 Å². The molecule has 0 bridgehead atoms. The standard InChI is InChI=1S/C25H24N4O4S/c1-32-21-12-9-17(13-22(21)33-2)14-23(30)28-29-24(31)18-10-7-16(8-11-18)15-34-25-26-19-5-3-4-6-20(19)27-25/h3-13H,14-15H2,1-2H3,(H,26,27)(H,28,30)(H,29,31). The molecule has 4 aromatic rings. The normalized spacial score (nSPS) is 10.6. The molecule has 2 amide bonds. The number of fused-ring (bicyclic) bond motifs is 1. The summed E-state index contributed by atoms with van der Waals surface area (Å²) in [5.41, 5.74) is 9.07. The van der Waals surface area contributed by atoms with E-state index in [-0.39, 0.29) is 12.3 Å². The van der Waals surface area contributed by atoms with Crippen LogP contribution in [-0.4, -0.2) is 36.0 Å². The number of carbonyl (C=O) groups is 2. The van der Waals surface area contributed by atoms with E-state index in [1.807, 2.05) is 36.4 Å². The Morgan fingerprint density at radius 2 is 1.65 bits per heavy atom. The molecule has 0 radical (unpaired) electrons. The van der Waals surface area contributed by atoms with Crippen molar-refractivity contribution in [2.75, 3.05) is 14.2 Å². The van der Waals surface area contributed by atoms with Crippen molar-refractivity contribution < 1.29 is 19.1 Å². The van der Waals surface area contributed by atoms with Crippen molar-refractivity contribution in [3.63, 3.8) is 0 Å². The van der Waals surface area contributed by atoms with Gasteiger partial charge in [-0.1, -0.05) is 42.1 Å². The lowest BCUT2D eigenvalue weighted by molar-refractivity contribution is -0.121. The van der Waals surface area contributed by atoms with Crippen molar-refractivity contribution in [2.24, 2.45) is 0 Å². The average molecular weight is 477 g/mol. The van der Waals surface area contributed by atoms with E-state index < -0.39 is 5.91 Å². The Morgan fingerprint density at radius 1 is 0.912 bits per heavy atom. The van der Waals surface area contributed by atoms with Gasteiger partial charge in [-0.15, -0.1) is 0 Å². The minimum absolute atomic E-state index is 0.0819. The minimum atomic E-state index is -0.392. The topological polar surface area (TPSA) is 105 Å². The predicted octanol–water partition coefficient (Wildman–Crippen LogP) is 3.88. The van der Waals surface area contributed by atoms with Gasteiger partial charge in [0.25, 0.3) is 5.91 Å². The maximum Gasteiger partial charge on any atom is 0.269 e. The molecule has 0 unspecified atom stereocenters. The summed E-state index contributed by atoms with van der Waals surface area (Å²) in [6.07, 6.45) is 0.0819. The molecule has 0 aliphatic carbocycles. The molecule has 1 heterocycles. The fourth-order valence-electron chi connectivity index (χ4n) is 3.32. The number of aromatic nitrogens is 2. The van der Waals surface area contributed by atoms with Crippen LogP contribution in [-0.2, 0) is 17.0 Å². The molecule has 0 atom stereocenters. The van der Waals surface area contributed by atoms with Gasteiger partial charge in [-0.2, -0.15) is 0 Å². The van der Waals surface area contributed by atoms with Crippen LogP contribution >= 0.6 is 11.8 Å². The van der Waals surface area contributed by atoms with Crippen molar-refractivity contribution >= 4 is 34.6 Å². The first-order valence-corrected chi connectivity index (χ1v) is 11.5. The number of amides is 2. The number of carbonyl (C=O) groups excluding carboxylic acids is 2. The van der Waals surface area contributed by atoms with Crippen LogP contribution in [0.5, 0.6) is 11.5 Å². The molecule has 174 valence electrons. The van der Waals surface area contributed by atoms with Gasteiger partial charge in [0.05, 0.1) is 31.7 Å². The Balaban J connectivity index is 1.26. The molecule has 0 aliphatic rings. The highest BCUT2D eigenvalue weighted by Crippen LogP contribution is 2.27. The number of H-pyrrole nitrogens is 1. The Hall–Kier alpha value is -3.98. The molecule has 8 nitrogen and oxygen atoms in total. The summed E-state index contributed by atoms with van der Waals surface area (Å²) in [6.45, 7) is 0. The van der Waals surface area contributed by atoms with Crippen LogP contribution in [0.4, 0.5) is 0 Å². The van der Waals surface area contributed by atoms with E-state index in [0.717, 1.165) is 27.3 Å². The summed E-state index contributed by atoms with van der Waals surface area (Å²) in [7, 11) is 3.08. The quantitative estimate of drug-likeness (QED) is 0.263. The predicted molar refractivity (Wildman–Crippen MR) is 131 cm³/mol. The fourth-order valence-corrected chi connectivity index (χ4v) is 4.16. The third-order valence-electron chi connectivity index (χ3n) is 5.09. The van der Waals surface area contributed by atoms with Gasteiger partial charge >= 0.3 is 0 Å². The summed E-state index contributed by atoms with van der Waals surface area (Å²) in [6, 6.07) is 20.3. The number of benzene rings is 3. The van der Waals surface area contributed by atoms with E-state index in [4.69, 9.17) is 9.47 Å². The lowest BCUT2D eigenvalue weighted by Gasteiger charge is -2.10. The van der Waals surface area contributed by atoms with E-state index >= 15 is 0 Å². The van der Waals surface area contributed by atoms with Crippen LogP contribution in [0, 0.1) is 0 Å². The molecule has 0 aliphatic heterocycles. The van der Waals surface area contributed by atoms with Gasteiger partial charge < -0.3 is 14.5 Å². The van der Waals surface area contributed by atoms with E-state index in [1.54, 1.807) is 49.2 Å². The number of methoxy groups -OCH3 is 2. The number of para-hydroxylation sites is 2. The number of hydrazine groups is 1. The molecule has 0 saturated heterocycles. The Morgan fingerprint density at radius 3 is 2.38 bits per heavy atom. The molecule has 34 heavy (non-hydrogen) atoms. The SMILES string of the molecule is COc1ccc(CC(=O)NNC(=O)c2ccc(CSc3nc4ccccc4[nH]3)cc2)cc1OC. The molecule has 0 fully saturated rings. The molecule has 0 spiro atoms. The Labute approximate surface area is 201 Å². The Bertz CT molecular complexity index is 1270. The van der Waals surface area contributed by atoms with Gasteiger partial charge in [0, 0.05) is 11.3 Å². The number of hydrogen-bond donors (Lipinski definition) is 3. The molecular weight excluding hydrogens is 452 g/mol. The summed E-state index contributed by atoms with van der Waals surface area (Å²) in [5.74, 6) is 1.09. The van der Waals surface area contributed by atoms with Gasteiger partial charge in [0.1, 0.15) is 0 Å². The van der Waals surface area contributed by atoms with E-state index in [0.29, 0.717) is 22.8 Å². The van der Waals surface area contributed by atoms with E-state index in [2.05, 4.69) is 20.8 Å². The second-order valence-electron chi connectivity index (χ2n) is 7.41. The van der Waals surface area contributed by atoms with Crippen molar-refractivity contribution in [1.82, 2.24) is 20.8 Å². The van der Waals surface area contributed by atoms with Crippen LogP contribution in [0.25, 0.3) is 11.0 Å². The molecule has 1 aromatic heterocycles. The highest BCUT2D eigenvalue weighted by atomic mass is 32.2. The van der Waals surface area contributed by atoms with Crippen LogP contribution in [0.2, 0.25) is 0 Å². The minimum Gasteiger partial charge on any atom is -0.493 e. The fraction of sp³-hybridized carbons (Fsp3) is 0.160. The zero-order valence-electron chi connectivity index (χ0n) is 18.8. The number of hydrogen-bond acceptors (Lipinski definition) is 6.